The van der Waals surface area contributed by atoms with E-state index in [4.69, 9.17) is 0 Å². The first-order valence-electron chi connectivity index (χ1n) is 9.29. The van der Waals surface area contributed by atoms with Crippen LogP contribution in [0.1, 0.15) is 45.6 Å². The third-order valence-electron chi connectivity index (χ3n) is 5.57. The van der Waals surface area contributed by atoms with Crippen molar-refractivity contribution >= 4 is 11.7 Å². The summed E-state index contributed by atoms with van der Waals surface area (Å²) in [5, 5.41) is 2.97. The van der Waals surface area contributed by atoms with Crippen molar-refractivity contribution in [3.8, 4) is 11.1 Å². The van der Waals surface area contributed by atoms with Gasteiger partial charge in [-0.25, -0.2) is 0 Å². The van der Waals surface area contributed by atoms with Crippen molar-refractivity contribution in [2.45, 2.75) is 46.1 Å². The first kappa shape index (κ1) is 18.4. The van der Waals surface area contributed by atoms with Crippen LogP contribution in [0.25, 0.3) is 11.1 Å². The molecule has 0 bridgehead atoms. The van der Waals surface area contributed by atoms with E-state index in [2.05, 4.69) is 41.7 Å². The molecule has 1 unspecified atom stereocenters. The zero-order chi connectivity index (χ0) is 18.9. The second-order valence-electron chi connectivity index (χ2n) is 7.97. The lowest BCUT2D eigenvalue weighted by Gasteiger charge is -2.22. The maximum absolute atomic E-state index is 12.8. The molecule has 1 fully saturated rings. The summed E-state index contributed by atoms with van der Waals surface area (Å²) >= 11 is 0. The molecule has 0 aliphatic heterocycles. The monoisotopic (exact) mass is 349 g/mol. The van der Waals surface area contributed by atoms with Crippen LogP contribution >= 0.6 is 0 Å². The van der Waals surface area contributed by atoms with Crippen LogP contribution in [0.5, 0.6) is 0 Å². The van der Waals surface area contributed by atoms with Crippen LogP contribution in [0.15, 0.2) is 54.6 Å². The van der Waals surface area contributed by atoms with Crippen molar-refractivity contribution in [3.05, 3.63) is 60.2 Å². The number of benzene rings is 2. The van der Waals surface area contributed by atoms with Gasteiger partial charge in [-0.2, -0.15) is 0 Å². The molecule has 0 heterocycles. The number of amides is 1. The first-order valence-corrected chi connectivity index (χ1v) is 9.29. The molecule has 26 heavy (non-hydrogen) atoms. The Hall–Kier alpha value is -2.42. The largest absolute Gasteiger partial charge is 0.346 e. The van der Waals surface area contributed by atoms with E-state index in [1.54, 1.807) is 6.92 Å². The van der Waals surface area contributed by atoms with Crippen molar-refractivity contribution in [1.29, 1.82) is 0 Å². The molecular formula is C23H27NO2. The summed E-state index contributed by atoms with van der Waals surface area (Å²) in [7, 11) is 0. The molecule has 1 N–H and O–H groups in total. The molecule has 2 aromatic carbocycles. The molecule has 136 valence electrons. The number of rotatable bonds is 6. The highest BCUT2D eigenvalue weighted by atomic mass is 16.2. The van der Waals surface area contributed by atoms with Crippen LogP contribution in [0.4, 0.5) is 0 Å². The zero-order valence-electron chi connectivity index (χ0n) is 16.0. The number of hydrogen-bond donors (Lipinski definition) is 1. The van der Waals surface area contributed by atoms with Crippen molar-refractivity contribution in [1.82, 2.24) is 5.32 Å². The molecule has 3 heteroatoms. The molecule has 3 nitrogen and oxygen atoms in total. The fourth-order valence-corrected chi connectivity index (χ4v) is 3.68. The molecule has 1 aliphatic rings. The van der Waals surface area contributed by atoms with Gasteiger partial charge < -0.3 is 5.32 Å². The molecule has 1 saturated carbocycles. The second kappa shape index (κ2) is 7.06. The number of carbonyl (C=O) groups excluding carboxylic acids is 2. The van der Waals surface area contributed by atoms with Crippen LogP contribution in [0.2, 0.25) is 0 Å². The molecule has 0 saturated heterocycles. The number of hydrogen-bond acceptors (Lipinski definition) is 2. The van der Waals surface area contributed by atoms with Gasteiger partial charge in [0.25, 0.3) is 0 Å². The van der Waals surface area contributed by atoms with Gasteiger partial charge in [0.05, 0.1) is 11.5 Å². The predicted molar refractivity (Wildman–Crippen MR) is 105 cm³/mol. The summed E-state index contributed by atoms with van der Waals surface area (Å²) in [5.74, 6) is 0.319. The maximum Gasteiger partial charge on any atom is 0.227 e. The van der Waals surface area contributed by atoms with Gasteiger partial charge >= 0.3 is 0 Å². The topological polar surface area (TPSA) is 46.2 Å². The molecule has 3 atom stereocenters. The van der Waals surface area contributed by atoms with Gasteiger partial charge in [0, 0.05) is 0 Å². The fourth-order valence-electron chi connectivity index (χ4n) is 3.68. The molecule has 1 amide bonds. The SMILES string of the molecule is CC(=O)[C@@H](NC(=O)C1(C)C[C@@H]1c1ccc(-c2ccccc2)cc1)C(C)C. The third-order valence-corrected chi connectivity index (χ3v) is 5.57. The van der Waals surface area contributed by atoms with Crippen molar-refractivity contribution in [2.24, 2.45) is 11.3 Å². The molecule has 0 spiro atoms. The summed E-state index contributed by atoms with van der Waals surface area (Å²) in [6.07, 6.45) is 0.826. The first-order chi connectivity index (χ1) is 12.3. The summed E-state index contributed by atoms with van der Waals surface area (Å²) in [6.45, 7) is 7.46. The van der Waals surface area contributed by atoms with Crippen molar-refractivity contribution in [2.75, 3.05) is 0 Å². The highest BCUT2D eigenvalue weighted by Crippen LogP contribution is 2.59. The van der Waals surface area contributed by atoms with Crippen LogP contribution in [-0.2, 0) is 9.59 Å². The fraction of sp³-hybridized carbons (Fsp3) is 0.391. The smallest absolute Gasteiger partial charge is 0.227 e. The van der Waals surface area contributed by atoms with Crippen LogP contribution in [-0.4, -0.2) is 17.7 Å². The predicted octanol–water partition coefficient (Wildman–Crippen LogP) is 4.58. The number of carbonyl (C=O) groups is 2. The van der Waals surface area contributed by atoms with Crippen molar-refractivity contribution < 1.29 is 9.59 Å². The van der Waals surface area contributed by atoms with E-state index in [1.165, 1.54) is 16.7 Å². The maximum atomic E-state index is 12.8. The standard InChI is InChI=1S/C23H27NO2/c1-15(2)21(16(3)25)24-22(26)23(4)14-20(23)19-12-10-18(11-13-19)17-8-6-5-7-9-17/h5-13,15,20-21H,14H2,1-4H3,(H,24,26)/t20-,21+,23?/m1/s1. The van der Waals surface area contributed by atoms with Crippen molar-refractivity contribution in [3.63, 3.8) is 0 Å². The highest BCUT2D eigenvalue weighted by molar-refractivity contribution is 5.92. The minimum absolute atomic E-state index is 0.0106. The van der Waals surface area contributed by atoms with E-state index in [0.29, 0.717) is 0 Å². The lowest BCUT2D eigenvalue weighted by atomic mass is 9.95. The summed E-state index contributed by atoms with van der Waals surface area (Å²) in [5.41, 5.74) is 3.14. The average molecular weight is 349 g/mol. The Balaban J connectivity index is 1.70. The summed E-state index contributed by atoms with van der Waals surface area (Å²) in [4.78, 5) is 24.5. The molecule has 3 rings (SSSR count). The van der Waals surface area contributed by atoms with Gasteiger partial charge in [0.2, 0.25) is 5.91 Å². The van der Waals surface area contributed by atoms with E-state index in [-0.39, 0.29) is 23.5 Å². The van der Waals surface area contributed by atoms with E-state index in [1.807, 2.05) is 39.0 Å². The Kier molecular flexibility index (Phi) is 4.99. The van der Waals surface area contributed by atoms with Crippen LogP contribution in [0, 0.1) is 11.3 Å². The molecule has 0 aromatic heterocycles. The Labute approximate surface area is 155 Å². The highest BCUT2D eigenvalue weighted by Gasteiger charge is 2.56. The zero-order valence-corrected chi connectivity index (χ0v) is 16.0. The van der Waals surface area contributed by atoms with Gasteiger partial charge in [-0.15, -0.1) is 0 Å². The molecule has 2 aromatic rings. The lowest BCUT2D eigenvalue weighted by Crippen LogP contribution is -2.46. The molecular weight excluding hydrogens is 322 g/mol. The Morgan fingerprint density at radius 1 is 1.00 bits per heavy atom. The van der Waals surface area contributed by atoms with E-state index < -0.39 is 11.5 Å². The number of Topliss-reactive ketones (excluding diaryl/α,β-unsaturated/α-hetero) is 1. The number of ketones is 1. The van der Waals surface area contributed by atoms with E-state index in [9.17, 15) is 9.59 Å². The van der Waals surface area contributed by atoms with Gasteiger partial charge in [0.1, 0.15) is 0 Å². The Morgan fingerprint density at radius 2 is 1.58 bits per heavy atom. The minimum atomic E-state index is -0.420. The van der Waals surface area contributed by atoms with Gasteiger partial charge in [-0.05, 0) is 41.9 Å². The lowest BCUT2D eigenvalue weighted by molar-refractivity contribution is -0.131. The Bertz CT molecular complexity index is 795. The summed E-state index contributed by atoms with van der Waals surface area (Å²) in [6, 6.07) is 18.3. The number of nitrogens with one attached hydrogen (secondary N) is 1. The van der Waals surface area contributed by atoms with Crippen LogP contribution in [0.3, 0.4) is 0 Å². The van der Waals surface area contributed by atoms with Crippen LogP contribution < -0.4 is 5.32 Å². The quantitative estimate of drug-likeness (QED) is 0.830. The second-order valence-corrected chi connectivity index (χ2v) is 7.97. The Morgan fingerprint density at radius 3 is 2.12 bits per heavy atom. The van der Waals surface area contributed by atoms with E-state index in [0.717, 1.165) is 6.42 Å². The van der Waals surface area contributed by atoms with Gasteiger partial charge in [0.15, 0.2) is 5.78 Å². The average Bonchev–Trinajstić information content (AvgIpc) is 3.33. The molecule has 1 aliphatic carbocycles. The van der Waals surface area contributed by atoms with E-state index >= 15 is 0 Å². The van der Waals surface area contributed by atoms with Gasteiger partial charge in [-0.3, -0.25) is 9.59 Å². The third kappa shape index (κ3) is 3.57. The molecule has 0 radical (unpaired) electrons. The van der Waals surface area contributed by atoms with Gasteiger partial charge in [-0.1, -0.05) is 75.4 Å². The normalized spacial score (nSPS) is 22.7. The summed E-state index contributed by atoms with van der Waals surface area (Å²) < 4.78 is 0. The minimum Gasteiger partial charge on any atom is -0.346 e.